The lowest BCUT2D eigenvalue weighted by atomic mass is 10.2. The summed E-state index contributed by atoms with van der Waals surface area (Å²) in [6.45, 7) is 1.84. The van der Waals surface area contributed by atoms with Crippen LogP contribution in [0.4, 0.5) is 4.39 Å². The van der Waals surface area contributed by atoms with Gasteiger partial charge in [-0.15, -0.1) is 0 Å². The number of imidazole rings is 1. The van der Waals surface area contributed by atoms with Gasteiger partial charge in [-0.3, -0.25) is 9.36 Å². The minimum Gasteiger partial charge on any atom is -0.478 e. The summed E-state index contributed by atoms with van der Waals surface area (Å²) in [7, 11) is 0. The molecule has 2 aromatic rings. The first-order valence-electron chi connectivity index (χ1n) is 6.40. The molecule has 9 heteroatoms. The van der Waals surface area contributed by atoms with E-state index >= 15 is 0 Å². The molecule has 0 fully saturated rings. The van der Waals surface area contributed by atoms with Gasteiger partial charge < -0.3 is 14.9 Å². The molecule has 7 nitrogen and oxygen atoms in total. The Morgan fingerprint density at radius 3 is 2.86 bits per heavy atom. The molecule has 1 aromatic heterocycles. The third-order valence-corrected chi connectivity index (χ3v) is 4.47. The van der Waals surface area contributed by atoms with Crippen LogP contribution in [0.25, 0.3) is 11.0 Å². The van der Waals surface area contributed by atoms with Gasteiger partial charge in [0.1, 0.15) is 5.52 Å². The van der Waals surface area contributed by atoms with E-state index in [1.807, 2.05) is 0 Å². The predicted molar refractivity (Wildman–Crippen MR) is 74.2 cm³/mol. The smallest absolute Gasteiger partial charge is 0.338 e. The van der Waals surface area contributed by atoms with Crippen LogP contribution in [-0.2, 0) is 9.53 Å². The Kier molecular flexibility index (Phi) is 3.53. The fourth-order valence-corrected chi connectivity index (χ4v) is 3.41. The molecule has 2 N–H and O–H groups in total. The number of aliphatic hydroxyl groups is 1. The van der Waals surface area contributed by atoms with Crippen molar-refractivity contribution in [2.45, 2.75) is 23.6 Å². The van der Waals surface area contributed by atoms with E-state index in [0.29, 0.717) is 0 Å². The Balaban J connectivity index is 2.07. The average Bonchev–Trinajstić information content (AvgIpc) is 2.97. The Morgan fingerprint density at radius 1 is 1.50 bits per heavy atom. The number of ether oxygens (including phenoxy) is 1. The Labute approximate surface area is 127 Å². The molecule has 116 valence electrons. The van der Waals surface area contributed by atoms with Crippen LogP contribution in [0.15, 0.2) is 17.3 Å². The number of hydrogen-bond acceptors (Lipinski definition) is 6. The fraction of sp³-hybridized carbons (Fsp3) is 0.308. The number of rotatable bonds is 3. The zero-order chi connectivity index (χ0) is 16.0. The predicted octanol–water partition coefficient (Wildman–Crippen LogP) is 1.40. The second-order valence-corrected chi connectivity index (χ2v) is 5.68. The van der Waals surface area contributed by atoms with Gasteiger partial charge in [-0.2, -0.15) is 0 Å². The molecule has 1 aromatic carbocycles. The van der Waals surface area contributed by atoms with Crippen LogP contribution in [0.5, 0.6) is 0 Å². The molecule has 0 amide bonds. The van der Waals surface area contributed by atoms with Gasteiger partial charge in [0.15, 0.2) is 22.5 Å². The Morgan fingerprint density at radius 2 is 2.23 bits per heavy atom. The highest BCUT2D eigenvalue weighted by atomic mass is 32.2. The van der Waals surface area contributed by atoms with E-state index in [9.17, 15) is 19.1 Å². The number of aromatic carboxylic acids is 1. The summed E-state index contributed by atoms with van der Waals surface area (Å²) in [5.74, 6) is -2.95. The number of hydrogen-bond donors (Lipinski definition) is 2. The number of carboxylic acids is 1. The summed E-state index contributed by atoms with van der Waals surface area (Å²) < 4.78 is 20.3. The molecule has 0 bridgehead atoms. The summed E-state index contributed by atoms with van der Waals surface area (Å²) in [5, 5.41) is 18.5. The molecule has 0 aliphatic carbocycles. The maximum atomic E-state index is 14.1. The van der Waals surface area contributed by atoms with E-state index in [4.69, 9.17) is 9.84 Å². The summed E-state index contributed by atoms with van der Waals surface area (Å²) >= 11 is 0.954. The molecule has 0 saturated heterocycles. The molecular formula is C13H11FN2O5S. The summed E-state index contributed by atoms with van der Waals surface area (Å²) in [6.07, 6.45) is -1.25. The lowest BCUT2D eigenvalue weighted by Crippen LogP contribution is -2.26. The second kappa shape index (κ2) is 5.25. The minimum atomic E-state index is -1.40. The van der Waals surface area contributed by atoms with Gasteiger partial charge in [-0.05, 0) is 19.1 Å². The highest BCUT2D eigenvalue weighted by molar-refractivity contribution is 8.00. The van der Waals surface area contributed by atoms with E-state index < -0.39 is 34.8 Å². The Hall–Kier alpha value is -2.13. The number of benzene rings is 1. The standard InChI is InChI=1S/C13H11FN2O5S/c1-2-21-12(20)9-10(17)16-6-4-3-5(11(18)19)7(14)8(6)15-13(16)22-9/h3-4,9-10,17H,2H2,1H3,(H,18,19). The molecule has 0 spiro atoms. The van der Waals surface area contributed by atoms with Crippen molar-refractivity contribution in [3.05, 3.63) is 23.5 Å². The number of aromatic nitrogens is 2. The monoisotopic (exact) mass is 326 g/mol. The first-order valence-corrected chi connectivity index (χ1v) is 7.28. The quantitative estimate of drug-likeness (QED) is 0.822. The highest BCUT2D eigenvalue weighted by Crippen LogP contribution is 2.42. The molecule has 1 aliphatic rings. The first kappa shape index (κ1) is 14.8. The number of carbonyl (C=O) groups excluding carboxylic acids is 1. The van der Waals surface area contributed by atoms with E-state index in [2.05, 4.69) is 4.98 Å². The van der Waals surface area contributed by atoms with Gasteiger partial charge in [0.2, 0.25) is 0 Å². The van der Waals surface area contributed by atoms with E-state index in [-0.39, 0.29) is 22.8 Å². The number of carboxylic acid groups (broad SMARTS) is 1. The summed E-state index contributed by atoms with van der Waals surface area (Å²) in [6, 6.07) is 2.46. The lowest BCUT2D eigenvalue weighted by Gasteiger charge is -2.14. The van der Waals surface area contributed by atoms with E-state index in [1.54, 1.807) is 6.92 Å². The van der Waals surface area contributed by atoms with Crippen molar-refractivity contribution in [3.63, 3.8) is 0 Å². The molecule has 2 heterocycles. The maximum absolute atomic E-state index is 14.1. The van der Waals surface area contributed by atoms with Crippen LogP contribution in [-0.4, -0.2) is 43.6 Å². The van der Waals surface area contributed by atoms with Crippen molar-refractivity contribution < 1.29 is 28.9 Å². The number of aliphatic hydroxyl groups excluding tert-OH is 1. The molecule has 2 atom stereocenters. The van der Waals surface area contributed by atoms with Crippen LogP contribution in [0.1, 0.15) is 23.5 Å². The second-order valence-electron chi connectivity index (χ2n) is 4.57. The van der Waals surface area contributed by atoms with Crippen LogP contribution < -0.4 is 0 Å². The van der Waals surface area contributed by atoms with Crippen molar-refractivity contribution in [2.24, 2.45) is 0 Å². The van der Waals surface area contributed by atoms with Crippen molar-refractivity contribution in [1.82, 2.24) is 9.55 Å². The van der Waals surface area contributed by atoms with Crippen molar-refractivity contribution >= 4 is 34.7 Å². The number of thioether (sulfide) groups is 1. The number of fused-ring (bicyclic) bond motifs is 3. The van der Waals surface area contributed by atoms with Gasteiger partial charge in [0.05, 0.1) is 17.7 Å². The number of carbonyl (C=O) groups is 2. The molecule has 1 aliphatic heterocycles. The molecule has 2 unspecified atom stereocenters. The zero-order valence-electron chi connectivity index (χ0n) is 11.3. The Bertz CT molecular complexity index is 790. The summed E-state index contributed by atoms with van der Waals surface area (Å²) in [4.78, 5) is 26.7. The molecule has 0 radical (unpaired) electrons. The average molecular weight is 326 g/mol. The molecular weight excluding hydrogens is 315 g/mol. The zero-order valence-corrected chi connectivity index (χ0v) is 12.1. The van der Waals surface area contributed by atoms with Gasteiger partial charge >= 0.3 is 11.9 Å². The van der Waals surface area contributed by atoms with Crippen LogP contribution >= 0.6 is 11.8 Å². The summed E-state index contributed by atoms with van der Waals surface area (Å²) in [5.41, 5.74) is -0.418. The lowest BCUT2D eigenvalue weighted by molar-refractivity contribution is -0.145. The maximum Gasteiger partial charge on any atom is 0.338 e. The number of halogens is 1. The highest BCUT2D eigenvalue weighted by Gasteiger charge is 2.41. The van der Waals surface area contributed by atoms with Crippen LogP contribution in [0.3, 0.4) is 0 Å². The first-order chi connectivity index (χ1) is 10.5. The van der Waals surface area contributed by atoms with Crippen molar-refractivity contribution in [3.8, 4) is 0 Å². The third-order valence-electron chi connectivity index (χ3n) is 3.28. The topological polar surface area (TPSA) is 102 Å². The normalized spacial score (nSPS) is 20.1. The van der Waals surface area contributed by atoms with Crippen molar-refractivity contribution in [2.75, 3.05) is 6.61 Å². The number of esters is 1. The van der Waals surface area contributed by atoms with Gasteiger partial charge in [0, 0.05) is 0 Å². The SMILES string of the molecule is CCOC(=O)C1Sc2nc3c(F)c(C(=O)O)ccc3n2C1O. The van der Waals surface area contributed by atoms with Crippen LogP contribution in [0, 0.1) is 5.82 Å². The van der Waals surface area contributed by atoms with Gasteiger partial charge in [-0.1, -0.05) is 11.8 Å². The fourth-order valence-electron chi connectivity index (χ4n) is 2.32. The van der Waals surface area contributed by atoms with E-state index in [0.717, 1.165) is 17.8 Å². The van der Waals surface area contributed by atoms with Crippen LogP contribution in [0.2, 0.25) is 0 Å². The number of nitrogens with zero attached hydrogens (tertiary/aromatic N) is 2. The van der Waals surface area contributed by atoms with Gasteiger partial charge in [-0.25, -0.2) is 14.2 Å². The largest absolute Gasteiger partial charge is 0.478 e. The molecule has 22 heavy (non-hydrogen) atoms. The van der Waals surface area contributed by atoms with Crippen molar-refractivity contribution in [1.29, 1.82) is 0 Å². The minimum absolute atomic E-state index is 0.149. The van der Waals surface area contributed by atoms with Gasteiger partial charge in [0.25, 0.3) is 0 Å². The third kappa shape index (κ3) is 2.04. The van der Waals surface area contributed by atoms with E-state index in [1.165, 1.54) is 10.6 Å². The molecule has 3 rings (SSSR count). The molecule has 0 saturated carbocycles.